The number of benzene rings is 1. The van der Waals surface area contributed by atoms with E-state index < -0.39 is 5.60 Å². The fourth-order valence-corrected chi connectivity index (χ4v) is 1.81. The molecule has 0 aliphatic rings. The summed E-state index contributed by atoms with van der Waals surface area (Å²) in [4.78, 5) is 11.5. The largest absolute Gasteiger partial charge is 0.491 e. The number of carbonyl (C=O) groups is 1. The van der Waals surface area contributed by atoms with E-state index in [2.05, 4.69) is 24.5 Å². The van der Waals surface area contributed by atoms with Crippen LogP contribution in [0.2, 0.25) is 0 Å². The Balaban J connectivity index is 2.29. The second kappa shape index (κ2) is 9.28. The van der Waals surface area contributed by atoms with Crippen molar-refractivity contribution < 1.29 is 14.3 Å². The standard InChI is InChI=1S/C18H30N2O3/c1-14(2)13-22-16-10-7-6-9-15(16)19-11-8-12-20-17(21)23-18(3,4)5/h6-7,9-10,14,19H,8,11-13H2,1-5H3,(H,20,21). The molecule has 1 rings (SSSR count). The predicted molar refractivity (Wildman–Crippen MR) is 94.1 cm³/mol. The molecule has 0 fully saturated rings. The fraction of sp³-hybridized carbons (Fsp3) is 0.611. The van der Waals surface area contributed by atoms with E-state index in [1.807, 2.05) is 45.0 Å². The molecule has 1 amide bonds. The normalized spacial score (nSPS) is 11.2. The molecule has 0 atom stereocenters. The molecule has 5 heteroatoms. The Morgan fingerprint density at radius 1 is 1.17 bits per heavy atom. The molecule has 0 bridgehead atoms. The number of nitrogens with one attached hydrogen (secondary N) is 2. The van der Waals surface area contributed by atoms with E-state index in [9.17, 15) is 4.79 Å². The highest BCUT2D eigenvalue weighted by molar-refractivity contribution is 5.67. The zero-order valence-electron chi connectivity index (χ0n) is 14.9. The minimum absolute atomic E-state index is 0.377. The maximum atomic E-state index is 11.5. The van der Waals surface area contributed by atoms with Gasteiger partial charge in [-0.25, -0.2) is 4.79 Å². The lowest BCUT2D eigenvalue weighted by atomic mass is 10.2. The van der Waals surface area contributed by atoms with Gasteiger partial charge in [0.15, 0.2) is 0 Å². The summed E-state index contributed by atoms with van der Waals surface area (Å²) in [5.41, 5.74) is 0.514. The minimum atomic E-state index is -0.463. The monoisotopic (exact) mass is 322 g/mol. The van der Waals surface area contributed by atoms with Gasteiger partial charge in [-0.15, -0.1) is 0 Å². The summed E-state index contributed by atoms with van der Waals surface area (Å²) < 4.78 is 11.0. The molecule has 0 aliphatic carbocycles. The third-order valence-electron chi connectivity index (χ3n) is 2.80. The molecule has 1 aromatic rings. The first-order valence-electron chi connectivity index (χ1n) is 8.20. The molecule has 0 saturated carbocycles. The van der Waals surface area contributed by atoms with E-state index in [0.29, 0.717) is 19.1 Å². The van der Waals surface area contributed by atoms with Crippen molar-refractivity contribution in [2.75, 3.05) is 25.0 Å². The van der Waals surface area contributed by atoms with Crippen LogP contribution in [0.25, 0.3) is 0 Å². The molecule has 0 saturated heterocycles. The molecular formula is C18H30N2O3. The Bertz CT molecular complexity index is 481. The summed E-state index contributed by atoms with van der Waals surface area (Å²) in [6, 6.07) is 7.90. The molecule has 130 valence electrons. The van der Waals surface area contributed by atoms with Gasteiger partial charge in [-0.2, -0.15) is 0 Å². The van der Waals surface area contributed by atoms with E-state index >= 15 is 0 Å². The van der Waals surface area contributed by atoms with Crippen LogP contribution >= 0.6 is 0 Å². The summed E-state index contributed by atoms with van der Waals surface area (Å²) in [6.07, 6.45) is 0.427. The summed E-state index contributed by atoms with van der Waals surface area (Å²) in [5, 5.41) is 6.09. The Hall–Kier alpha value is -1.91. The van der Waals surface area contributed by atoms with Crippen molar-refractivity contribution in [3.8, 4) is 5.75 Å². The molecule has 0 aromatic heterocycles. The van der Waals surface area contributed by atoms with Gasteiger partial charge >= 0.3 is 6.09 Å². The van der Waals surface area contributed by atoms with E-state index in [1.165, 1.54) is 0 Å². The van der Waals surface area contributed by atoms with Crippen molar-refractivity contribution in [2.45, 2.75) is 46.6 Å². The number of hydrogen-bond acceptors (Lipinski definition) is 4. The topological polar surface area (TPSA) is 59.6 Å². The van der Waals surface area contributed by atoms with Gasteiger partial charge in [0.2, 0.25) is 0 Å². The first kappa shape index (κ1) is 19.1. The average molecular weight is 322 g/mol. The lowest BCUT2D eigenvalue weighted by molar-refractivity contribution is 0.0528. The van der Waals surface area contributed by atoms with Crippen LogP contribution in [-0.4, -0.2) is 31.4 Å². The van der Waals surface area contributed by atoms with Crippen LogP contribution in [0, 0.1) is 5.92 Å². The van der Waals surface area contributed by atoms with Gasteiger partial charge in [0, 0.05) is 13.1 Å². The second-order valence-corrected chi connectivity index (χ2v) is 6.91. The number of rotatable bonds is 8. The molecule has 0 aliphatic heterocycles. The highest BCUT2D eigenvalue weighted by atomic mass is 16.6. The summed E-state index contributed by atoms with van der Waals surface area (Å²) in [5.74, 6) is 1.35. The van der Waals surface area contributed by atoms with Crippen molar-refractivity contribution in [1.82, 2.24) is 5.32 Å². The van der Waals surface area contributed by atoms with Crippen LogP contribution in [0.4, 0.5) is 10.5 Å². The smallest absolute Gasteiger partial charge is 0.407 e. The lowest BCUT2D eigenvalue weighted by Gasteiger charge is -2.19. The summed E-state index contributed by atoms with van der Waals surface area (Å²) in [6.45, 7) is 11.8. The van der Waals surface area contributed by atoms with Crippen molar-refractivity contribution in [3.63, 3.8) is 0 Å². The van der Waals surface area contributed by atoms with Crippen LogP contribution in [0.3, 0.4) is 0 Å². The van der Waals surface area contributed by atoms with Gasteiger partial charge in [0.1, 0.15) is 11.4 Å². The highest BCUT2D eigenvalue weighted by Gasteiger charge is 2.15. The van der Waals surface area contributed by atoms with Gasteiger partial charge < -0.3 is 20.1 Å². The Kier molecular flexibility index (Phi) is 7.72. The minimum Gasteiger partial charge on any atom is -0.491 e. The van der Waals surface area contributed by atoms with E-state index in [-0.39, 0.29) is 6.09 Å². The molecule has 0 unspecified atom stereocenters. The zero-order chi connectivity index (χ0) is 17.3. The molecular weight excluding hydrogens is 292 g/mol. The van der Waals surface area contributed by atoms with Gasteiger partial charge in [-0.1, -0.05) is 26.0 Å². The Labute approximate surface area is 139 Å². The van der Waals surface area contributed by atoms with Crippen LogP contribution < -0.4 is 15.4 Å². The second-order valence-electron chi connectivity index (χ2n) is 6.91. The van der Waals surface area contributed by atoms with Gasteiger partial charge in [0.25, 0.3) is 0 Å². The molecule has 0 heterocycles. The van der Waals surface area contributed by atoms with Crippen LogP contribution in [0.1, 0.15) is 41.0 Å². The van der Waals surface area contributed by atoms with Crippen molar-refractivity contribution in [3.05, 3.63) is 24.3 Å². The maximum absolute atomic E-state index is 11.5. The number of amides is 1. The van der Waals surface area contributed by atoms with E-state index in [1.54, 1.807) is 0 Å². The van der Waals surface area contributed by atoms with Crippen LogP contribution in [-0.2, 0) is 4.74 Å². The third kappa shape index (κ3) is 8.96. The maximum Gasteiger partial charge on any atom is 0.407 e. The number of ether oxygens (including phenoxy) is 2. The number of anilines is 1. The fourth-order valence-electron chi connectivity index (χ4n) is 1.81. The predicted octanol–water partition coefficient (Wildman–Crippen LogP) is 4.05. The zero-order valence-corrected chi connectivity index (χ0v) is 14.9. The van der Waals surface area contributed by atoms with Gasteiger partial charge in [-0.05, 0) is 45.2 Å². The Morgan fingerprint density at radius 3 is 2.52 bits per heavy atom. The summed E-state index contributed by atoms with van der Waals surface area (Å²) in [7, 11) is 0. The van der Waals surface area contributed by atoms with Gasteiger partial charge in [0.05, 0.1) is 12.3 Å². The molecule has 5 nitrogen and oxygen atoms in total. The first-order chi connectivity index (χ1) is 10.8. The number of para-hydroxylation sites is 2. The number of alkyl carbamates (subject to hydrolysis) is 1. The third-order valence-corrected chi connectivity index (χ3v) is 2.80. The van der Waals surface area contributed by atoms with Crippen molar-refractivity contribution in [2.24, 2.45) is 5.92 Å². The van der Waals surface area contributed by atoms with Crippen LogP contribution in [0.15, 0.2) is 24.3 Å². The van der Waals surface area contributed by atoms with E-state index in [4.69, 9.17) is 9.47 Å². The molecule has 0 spiro atoms. The molecule has 2 N–H and O–H groups in total. The highest BCUT2D eigenvalue weighted by Crippen LogP contribution is 2.24. The Morgan fingerprint density at radius 2 is 1.87 bits per heavy atom. The first-order valence-corrected chi connectivity index (χ1v) is 8.20. The van der Waals surface area contributed by atoms with Crippen LogP contribution in [0.5, 0.6) is 5.75 Å². The number of carbonyl (C=O) groups excluding carboxylic acids is 1. The summed E-state index contributed by atoms with van der Waals surface area (Å²) >= 11 is 0. The molecule has 1 aromatic carbocycles. The van der Waals surface area contributed by atoms with E-state index in [0.717, 1.165) is 24.4 Å². The molecule has 23 heavy (non-hydrogen) atoms. The van der Waals surface area contributed by atoms with Gasteiger partial charge in [-0.3, -0.25) is 0 Å². The number of hydrogen-bond donors (Lipinski definition) is 2. The van der Waals surface area contributed by atoms with Crippen molar-refractivity contribution in [1.29, 1.82) is 0 Å². The lowest BCUT2D eigenvalue weighted by Crippen LogP contribution is -2.33. The average Bonchev–Trinajstić information content (AvgIpc) is 2.43. The van der Waals surface area contributed by atoms with Crippen molar-refractivity contribution >= 4 is 11.8 Å². The molecule has 0 radical (unpaired) electrons. The SMILES string of the molecule is CC(C)COc1ccccc1NCCCNC(=O)OC(C)(C)C. The quantitative estimate of drug-likeness (QED) is 0.709.